The summed E-state index contributed by atoms with van der Waals surface area (Å²) in [6.07, 6.45) is 13.1. The first-order valence-corrected chi connectivity index (χ1v) is 9.93. The van der Waals surface area contributed by atoms with Crippen LogP contribution in [-0.4, -0.2) is 29.7 Å². The molecular weight excluding hydrogens is 316 g/mol. The number of hydrogen-bond acceptors (Lipinski definition) is 2. The number of urea groups is 2. The Morgan fingerprint density at radius 2 is 1.24 bits per heavy atom. The van der Waals surface area contributed by atoms with E-state index in [0.29, 0.717) is 5.70 Å². The summed E-state index contributed by atoms with van der Waals surface area (Å²) >= 11 is 0. The summed E-state index contributed by atoms with van der Waals surface area (Å²) < 4.78 is 0. The summed E-state index contributed by atoms with van der Waals surface area (Å²) in [5, 5.41) is 12.0. The number of amides is 4. The largest absolute Gasteiger partial charge is 0.335 e. The van der Waals surface area contributed by atoms with Gasteiger partial charge in [-0.1, -0.05) is 45.1 Å². The van der Waals surface area contributed by atoms with Gasteiger partial charge in [0.1, 0.15) is 0 Å². The lowest BCUT2D eigenvalue weighted by molar-refractivity contribution is 0.226. The van der Waals surface area contributed by atoms with Crippen LogP contribution in [0.1, 0.15) is 77.0 Å². The molecule has 0 heterocycles. The summed E-state index contributed by atoms with van der Waals surface area (Å²) in [6, 6.07) is 0.206. The van der Waals surface area contributed by atoms with Crippen LogP contribution in [0.4, 0.5) is 9.59 Å². The van der Waals surface area contributed by atoms with Gasteiger partial charge in [-0.25, -0.2) is 9.59 Å². The van der Waals surface area contributed by atoms with E-state index in [1.807, 2.05) is 0 Å². The lowest BCUT2D eigenvalue weighted by Crippen LogP contribution is -2.52. The first kappa shape index (κ1) is 18.1. The molecule has 3 rings (SSSR count). The maximum atomic E-state index is 12.3. The van der Waals surface area contributed by atoms with Crippen LogP contribution < -0.4 is 21.3 Å². The van der Waals surface area contributed by atoms with Crippen LogP contribution in [0.2, 0.25) is 0 Å². The fraction of sp³-hybridized carbons (Fsp3) is 0.789. The predicted molar refractivity (Wildman–Crippen MR) is 98.2 cm³/mol. The van der Waals surface area contributed by atoms with Crippen molar-refractivity contribution in [1.29, 1.82) is 0 Å². The van der Waals surface area contributed by atoms with Gasteiger partial charge in [-0.15, -0.1) is 0 Å². The number of carbonyl (C=O) groups excluding carboxylic acids is 2. The molecule has 140 valence electrons. The van der Waals surface area contributed by atoms with Crippen LogP contribution in [0, 0.1) is 0 Å². The van der Waals surface area contributed by atoms with E-state index in [4.69, 9.17) is 0 Å². The molecule has 0 aliphatic heterocycles. The van der Waals surface area contributed by atoms with E-state index in [1.165, 1.54) is 38.5 Å². The zero-order valence-corrected chi connectivity index (χ0v) is 15.2. The van der Waals surface area contributed by atoms with Crippen LogP contribution >= 0.6 is 0 Å². The lowest BCUT2D eigenvalue weighted by atomic mass is 9.96. The van der Waals surface area contributed by atoms with Gasteiger partial charge in [0.05, 0.1) is 5.54 Å². The Labute approximate surface area is 150 Å². The highest BCUT2D eigenvalue weighted by Crippen LogP contribution is 2.40. The van der Waals surface area contributed by atoms with Gasteiger partial charge in [0, 0.05) is 17.8 Å². The SMILES string of the molecule is C=C(NC(=O)NC1CCCCC1)C1(NC(=O)NC2CCCCC2)CC1. The molecule has 0 saturated heterocycles. The third-order valence-electron chi connectivity index (χ3n) is 5.83. The Hall–Kier alpha value is -1.72. The molecule has 3 aliphatic rings. The maximum absolute atomic E-state index is 12.3. The molecule has 4 amide bonds. The smallest absolute Gasteiger partial charge is 0.319 e. The van der Waals surface area contributed by atoms with Crippen LogP contribution in [0.3, 0.4) is 0 Å². The molecule has 25 heavy (non-hydrogen) atoms. The van der Waals surface area contributed by atoms with Crippen molar-refractivity contribution in [1.82, 2.24) is 21.3 Å². The van der Waals surface area contributed by atoms with E-state index in [9.17, 15) is 9.59 Å². The van der Waals surface area contributed by atoms with Crippen molar-refractivity contribution < 1.29 is 9.59 Å². The van der Waals surface area contributed by atoms with E-state index in [2.05, 4.69) is 27.8 Å². The van der Waals surface area contributed by atoms with Crippen molar-refractivity contribution in [2.45, 2.75) is 94.7 Å². The van der Waals surface area contributed by atoms with Crippen LogP contribution in [-0.2, 0) is 0 Å². The molecule has 6 nitrogen and oxygen atoms in total. The second kappa shape index (κ2) is 8.11. The molecule has 0 bridgehead atoms. The number of rotatable bonds is 5. The Morgan fingerprint density at radius 3 is 1.72 bits per heavy atom. The van der Waals surface area contributed by atoms with E-state index in [1.54, 1.807) is 0 Å². The second-order valence-electron chi connectivity index (χ2n) is 7.93. The number of nitrogens with one attached hydrogen (secondary N) is 4. The molecule has 3 fully saturated rings. The molecular formula is C19H32N4O2. The van der Waals surface area contributed by atoms with E-state index in [0.717, 1.165) is 38.5 Å². The standard InChI is InChI=1S/C19H32N4O2/c1-14(20-17(24)21-15-8-4-2-5-9-15)19(12-13-19)23-18(25)22-16-10-6-3-7-11-16/h15-16H,1-13H2,(H2,20,21,24)(H2,22,23,25). The van der Waals surface area contributed by atoms with Gasteiger partial charge in [0.2, 0.25) is 0 Å². The molecule has 6 heteroatoms. The minimum atomic E-state index is -0.470. The first-order chi connectivity index (χ1) is 12.1. The van der Waals surface area contributed by atoms with Crippen molar-refractivity contribution in [3.05, 3.63) is 12.3 Å². The second-order valence-corrected chi connectivity index (χ2v) is 7.93. The minimum Gasteiger partial charge on any atom is -0.335 e. The van der Waals surface area contributed by atoms with E-state index >= 15 is 0 Å². The molecule has 0 aromatic carbocycles. The molecule has 3 aliphatic carbocycles. The molecule has 0 aromatic rings. The number of hydrogen-bond donors (Lipinski definition) is 4. The summed E-state index contributed by atoms with van der Waals surface area (Å²) in [6.45, 7) is 4.01. The molecule has 0 radical (unpaired) electrons. The fourth-order valence-corrected chi connectivity index (χ4v) is 4.04. The lowest BCUT2D eigenvalue weighted by Gasteiger charge is -2.27. The Kier molecular flexibility index (Phi) is 5.86. The molecule has 0 unspecified atom stereocenters. The van der Waals surface area contributed by atoms with Crippen molar-refractivity contribution >= 4 is 12.1 Å². The zero-order valence-electron chi connectivity index (χ0n) is 15.2. The average molecular weight is 348 g/mol. The summed E-state index contributed by atoms with van der Waals surface area (Å²) in [5.74, 6) is 0. The zero-order chi connectivity index (χ0) is 17.7. The molecule has 0 aromatic heterocycles. The summed E-state index contributed by atoms with van der Waals surface area (Å²) in [7, 11) is 0. The van der Waals surface area contributed by atoms with Crippen molar-refractivity contribution in [3.63, 3.8) is 0 Å². The Bertz CT molecular complexity index is 504. The van der Waals surface area contributed by atoms with Gasteiger partial charge in [0.25, 0.3) is 0 Å². The van der Waals surface area contributed by atoms with Gasteiger partial charge in [0.15, 0.2) is 0 Å². The van der Waals surface area contributed by atoms with Gasteiger partial charge >= 0.3 is 12.1 Å². The molecule has 4 N–H and O–H groups in total. The van der Waals surface area contributed by atoms with Gasteiger partial charge < -0.3 is 21.3 Å². The third kappa shape index (κ3) is 5.13. The minimum absolute atomic E-state index is 0.139. The van der Waals surface area contributed by atoms with Crippen LogP contribution in [0.5, 0.6) is 0 Å². The summed E-state index contributed by atoms with van der Waals surface area (Å²) in [4.78, 5) is 24.5. The van der Waals surface area contributed by atoms with Gasteiger partial charge in [-0.05, 0) is 38.5 Å². The van der Waals surface area contributed by atoms with Gasteiger partial charge in [-0.3, -0.25) is 0 Å². The quantitative estimate of drug-likeness (QED) is 0.615. The van der Waals surface area contributed by atoms with E-state index < -0.39 is 5.54 Å². The summed E-state index contributed by atoms with van der Waals surface area (Å²) in [5.41, 5.74) is 0.127. The molecule has 0 spiro atoms. The number of carbonyl (C=O) groups is 2. The fourth-order valence-electron chi connectivity index (χ4n) is 4.04. The van der Waals surface area contributed by atoms with Gasteiger partial charge in [-0.2, -0.15) is 0 Å². The highest BCUT2D eigenvalue weighted by atomic mass is 16.2. The van der Waals surface area contributed by atoms with Crippen molar-refractivity contribution in [2.75, 3.05) is 0 Å². The highest BCUT2D eigenvalue weighted by Gasteiger charge is 2.47. The van der Waals surface area contributed by atoms with E-state index in [-0.39, 0.29) is 24.1 Å². The average Bonchev–Trinajstić information content (AvgIpc) is 3.37. The Balaban J connectivity index is 1.42. The van der Waals surface area contributed by atoms with Crippen LogP contribution in [0.25, 0.3) is 0 Å². The highest BCUT2D eigenvalue weighted by molar-refractivity contribution is 5.79. The Morgan fingerprint density at radius 1 is 0.760 bits per heavy atom. The topological polar surface area (TPSA) is 82.3 Å². The van der Waals surface area contributed by atoms with Crippen molar-refractivity contribution in [3.8, 4) is 0 Å². The maximum Gasteiger partial charge on any atom is 0.319 e. The monoisotopic (exact) mass is 348 g/mol. The third-order valence-corrected chi connectivity index (χ3v) is 5.83. The first-order valence-electron chi connectivity index (χ1n) is 9.93. The van der Waals surface area contributed by atoms with Crippen molar-refractivity contribution in [2.24, 2.45) is 0 Å². The van der Waals surface area contributed by atoms with Crippen LogP contribution in [0.15, 0.2) is 12.3 Å². The normalized spacial score (nSPS) is 23.4. The molecule has 3 saturated carbocycles. The predicted octanol–water partition coefficient (Wildman–Crippen LogP) is 3.30. The molecule has 0 atom stereocenters.